The fraction of sp³-hybridized carbons (Fsp3) is 0. The molecular formula is C52H32N4O. The summed E-state index contributed by atoms with van der Waals surface area (Å²) in [6.07, 6.45) is 11.1. The zero-order valence-electron chi connectivity index (χ0n) is 30.7. The molecule has 266 valence electrons. The number of nitrogens with zero attached hydrogens (tertiary/aromatic N) is 4. The molecule has 5 nitrogen and oxygen atoms in total. The van der Waals surface area contributed by atoms with Gasteiger partial charge < -0.3 is 4.42 Å². The minimum Gasteiger partial charge on any atom is -0.455 e. The number of rotatable bonds is 7. The Balaban J connectivity index is 1.15. The Kier molecular flexibility index (Phi) is 8.48. The van der Waals surface area contributed by atoms with Crippen LogP contribution in [0, 0.1) is 6.57 Å². The normalized spacial score (nSPS) is 11.1. The molecule has 0 aliphatic heterocycles. The molecule has 0 bridgehead atoms. The fourth-order valence-corrected chi connectivity index (χ4v) is 7.74. The predicted molar refractivity (Wildman–Crippen MR) is 231 cm³/mol. The van der Waals surface area contributed by atoms with Crippen molar-refractivity contribution in [2.24, 2.45) is 0 Å². The first-order valence-corrected chi connectivity index (χ1v) is 18.7. The van der Waals surface area contributed by atoms with Gasteiger partial charge in [-0.2, -0.15) is 0 Å². The number of fused-ring (bicyclic) bond motifs is 3. The Hall–Kier alpha value is -7.94. The molecule has 0 atom stereocenters. The zero-order valence-corrected chi connectivity index (χ0v) is 30.7. The van der Waals surface area contributed by atoms with E-state index in [1.807, 2.05) is 85.6 Å². The van der Waals surface area contributed by atoms with E-state index in [0.717, 1.165) is 99.8 Å². The third-order valence-electron chi connectivity index (χ3n) is 10.6. The van der Waals surface area contributed by atoms with Crippen LogP contribution < -0.4 is 0 Å². The average Bonchev–Trinajstić information content (AvgIpc) is 3.69. The van der Waals surface area contributed by atoms with Gasteiger partial charge in [-0.25, -0.2) is 4.85 Å². The van der Waals surface area contributed by atoms with Gasteiger partial charge in [-0.05, 0) is 134 Å². The summed E-state index contributed by atoms with van der Waals surface area (Å²) in [5, 5.41) is 2.12. The first-order valence-electron chi connectivity index (χ1n) is 18.7. The van der Waals surface area contributed by atoms with Crippen molar-refractivity contribution >= 4 is 27.6 Å². The quantitative estimate of drug-likeness (QED) is 0.153. The van der Waals surface area contributed by atoms with E-state index >= 15 is 0 Å². The van der Waals surface area contributed by atoms with Gasteiger partial charge in [0.25, 0.3) is 0 Å². The second-order valence-electron chi connectivity index (χ2n) is 14.0. The van der Waals surface area contributed by atoms with Crippen molar-refractivity contribution in [1.29, 1.82) is 0 Å². The summed E-state index contributed by atoms with van der Waals surface area (Å²) in [4.78, 5) is 16.6. The van der Waals surface area contributed by atoms with E-state index in [4.69, 9.17) is 11.0 Å². The zero-order chi connectivity index (χ0) is 38.1. The molecule has 5 heteroatoms. The minimum atomic E-state index is 0.629. The Bertz CT molecular complexity index is 3050. The van der Waals surface area contributed by atoms with Gasteiger partial charge >= 0.3 is 0 Å². The Morgan fingerprint density at radius 2 is 0.807 bits per heavy atom. The summed E-state index contributed by atoms with van der Waals surface area (Å²) >= 11 is 0. The standard InChI is InChI=1S/C52H32N4O/c1-53-46-15-13-34(14-16-46)37-6-2-7-38(26-37)47-9-3-11-49-50-12-4-10-48(52(50)57-51(47)49)45-31-42(39-8-5-21-56-33-39)30-44(32-45)43-28-40(35-17-22-54-23-18-35)27-41(29-43)36-19-24-55-25-20-36/h2-33H. The summed E-state index contributed by atoms with van der Waals surface area (Å²) < 4.78 is 6.99. The highest BCUT2D eigenvalue weighted by molar-refractivity contribution is 6.13. The number of benzene rings is 6. The van der Waals surface area contributed by atoms with Crippen LogP contribution in [0.5, 0.6) is 0 Å². The third-order valence-corrected chi connectivity index (χ3v) is 10.6. The van der Waals surface area contributed by atoms with Gasteiger partial charge in [0.05, 0.1) is 6.57 Å². The van der Waals surface area contributed by atoms with E-state index in [1.54, 1.807) is 6.20 Å². The van der Waals surface area contributed by atoms with Crippen LogP contribution in [0.15, 0.2) is 199 Å². The van der Waals surface area contributed by atoms with E-state index in [2.05, 4.69) is 123 Å². The van der Waals surface area contributed by atoms with E-state index < -0.39 is 0 Å². The van der Waals surface area contributed by atoms with Crippen molar-refractivity contribution < 1.29 is 4.42 Å². The van der Waals surface area contributed by atoms with E-state index in [9.17, 15) is 0 Å². The van der Waals surface area contributed by atoms with Crippen LogP contribution >= 0.6 is 0 Å². The number of hydrogen-bond donors (Lipinski definition) is 0. The lowest BCUT2D eigenvalue weighted by Crippen LogP contribution is -1.90. The first-order chi connectivity index (χ1) is 28.2. The van der Waals surface area contributed by atoms with Crippen LogP contribution in [0.25, 0.3) is 105 Å². The lowest BCUT2D eigenvalue weighted by Gasteiger charge is -2.14. The van der Waals surface area contributed by atoms with E-state index in [-0.39, 0.29) is 0 Å². The molecule has 0 aliphatic rings. The van der Waals surface area contributed by atoms with Crippen LogP contribution in [0.3, 0.4) is 0 Å². The van der Waals surface area contributed by atoms with Gasteiger partial charge in [0, 0.05) is 64.6 Å². The molecule has 10 rings (SSSR count). The van der Waals surface area contributed by atoms with Crippen LogP contribution in [0.4, 0.5) is 5.69 Å². The number of furan rings is 1. The number of hydrogen-bond acceptors (Lipinski definition) is 4. The lowest BCUT2D eigenvalue weighted by atomic mass is 9.90. The highest BCUT2D eigenvalue weighted by atomic mass is 16.3. The molecule has 0 fully saturated rings. The molecule has 10 aromatic rings. The van der Waals surface area contributed by atoms with Gasteiger partial charge in [-0.15, -0.1) is 0 Å². The molecule has 4 aromatic heterocycles. The maximum atomic E-state index is 7.34. The van der Waals surface area contributed by atoms with Gasteiger partial charge in [0.15, 0.2) is 5.69 Å². The number of aromatic nitrogens is 3. The highest BCUT2D eigenvalue weighted by Crippen LogP contribution is 2.43. The summed E-state index contributed by atoms with van der Waals surface area (Å²) in [7, 11) is 0. The summed E-state index contributed by atoms with van der Waals surface area (Å²) in [5.41, 5.74) is 17.2. The van der Waals surface area contributed by atoms with E-state index in [0.29, 0.717) is 5.69 Å². The Morgan fingerprint density at radius 1 is 0.351 bits per heavy atom. The van der Waals surface area contributed by atoms with Crippen LogP contribution in [0.1, 0.15) is 0 Å². The summed E-state index contributed by atoms with van der Waals surface area (Å²) in [6, 6.07) is 54.8. The molecular weight excluding hydrogens is 697 g/mol. The van der Waals surface area contributed by atoms with Crippen LogP contribution in [-0.2, 0) is 0 Å². The molecule has 0 N–H and O–H groups in total. The van der Waals surface area contributed by atoms with Gasteiger partial charge in [-0.3, -0.25) is 15.0 Å². The highest BCUT2D eigenvalue weighted by Gasteiger charge is 2.18. The van der Waals surface area contributed by atoms with Gasteiger partial charge in [0.2, 0.25) is 0 Å². The second kappa shape index (κ2) is 14.4. The molecule has 0 amide bonds. The van der Waals surface area contributed by atoms with Crippen molar-refractivity contribution in [3.05, 3.63) is 206 Å². The molecule has 0 saturated heterocycles. The maximum Gasteiger partial charge on any atom is 0.187 e. The maximum absolute atomic E-state index is 7.34. The van der Waals surface area contributed by atoms with E-state index in [1.165, 1.54) is 0 Å². The minimum absolute atomic E-state index is 0.629. The lowest BCUT2D eigenvalue weighted by molar-refractivity contribution is 0.671. The largest absolute Gasteiger partial charge is 0.455 e. The fourth-order valence-electron chi connectivity index (χ4n) is 7.74. The smallest absolute Gasteiger partial charge is 0.187 e. The molecule has 0 unspecified atom stereocenters. The van der Waals surface area contributed by atoms with Crippen molar-refractivity contribution in [2.45, 2.75) is 0 Å². The summed E-state index contributed by atoms with van der Waals surface area (Å²) in [5.74, 6) is 0. The van der Waals surface area contributed by atoms with Crippen molar-refractivity contribution in [3.63, 3.8) is 0 Å². The Morgan fingerprint density at radius 3 is 1.37 bits per heavy atom. The molecule has 57 heavy (non-hydrogen) atoms. The van der Waals surface area contributed by atoms with Crippen molar-refractivity contribution in [1.82, 2.24) is 15.0 Å². The second-order valence-corrected chi connectivity index (χ2v) is 14.0. The number of para-hydroxylation sites is 2. The van der Waals surface area contributed by atoms with Crippen LogP contribution in [-0.4, -0.2) is 15.0 Å². The molecule has 0 aliphatic carbocycles. The summed E-state index contributed by atoms with van der Waals surface area (Å²) in [6.45, 7) is 7.34. The van der Waals surface area contributed by atoms with Gasteiger partial charge in [-0.1, -0.05) is 84.9 Å². The molecule has 0 saturated carbocycles. The predicted octanol–water partition coefficient (Wildman–Crippen LogP) is 14.0. The van der Waals surface area contributed by atoms with Gasteiger partial charge in [0.1, 0.15) is 11.2 Å². The SMILES string of the molecule is [C-]#[N+]c1ccc(-c2cccc(-c3cccc4c3oc3c(-c5cc(-c6cccnc6)cc(-c6cc(-c7ccncc7)cc(-c7ccncc7)c6)c5)cccc34)c2)cc1. The van der Waals surface area contributed by atoms with Crippen molar-refractivity contribution in [2.75, 3.05) is 0 Å². The first kappa shape index (κ1) is 33.6. The molecule has 0 spiro atoms. The molecule has 0 radical (unpaired) electrons. The average molecular weight is 729 g/mol. The molecule has 4 heterocycles. The third kappa shape index (κ3) is 6.42. The van der Waals surface area contributed by atoms with Crippen molar-refractivity contribution in [3.8, 4) is 77.9 Å². The number of pyridine rings is 3. The Labute approximate surface area is 330 Å². The van der Waals surface area contributed by atoms with Crippen LogP contribution in [0.2, 0.25) is 0 Å². The molecule has 6 aromatic carbocycles. The topological polar surface area (TPSA) is 56.2 Å². The monoisotopic (exact) mass is 728 g/mol.